The largest absolute Gasteiger partial charge is 0.490 e. The average molecular weight is 249 g/mol. The highest BCUT2D eigenvalue weighted by molar-refractivity contribution is 5.70. The van der Waals surface area contributed by atoms with E-state index in [1.165, 1.54) is 0 Å². The molecule has 1 fully saturated rings. The summed E-state index contributed by atoms with van der Waals surface area (Å²) in [6.07, 6.45) is 2.60. The topological polar surface area (TPSA) is 61.6 Å². The molecule has 1 atom stereocenters. The van der Waals surface area contributed by atoms with Crippen molar-refractivity contribution in [3.8, 4) is 5.75 Å². The van der Waals surface area contributed by atoms with E-state index < -0.39 is 0 Å². The Morgan fingerprint density at radius 3 is 2.67 bits per heavy atom. The van der Waals surface area contributed by atoms with Gasteiger partial charge in [-0.25, -0.2) is 0 Å². The summed E-state index contributed by atoms with van der Waals surface area (Å²) in [5.74, 6) is 1.08. The third-order valence-corrected chi connectivity index (χ3v) is 2.99. The van der Waals surface area contributed by atoms with E-state index in [0.717, 1.165) is 18.6 Å². The molecule has 0 saturated heterocycles. The Morgan fingerprint density at radius 1 is 1.28 bits per heavy atom. The van der Waals surface area contributed by atoms with Crippen LogP contribution in [0.5, 0.6) is 5.75 Å². The molecule has 0 bridgehead atoms. The third kappa shape index (κ3) is 4.37. The summed E-state index contributed by atoms with van der Waals surface area (Å²) in [7, 11) is 0. The molecule has 0 aromatic heterocycles. The highest BCUT2D eigenvalue weighted by Gasteiger charge is 2.30. The number of para-hydroxylation sites is 1. The van der Waals surface area contributed by atoms with Gasteiger partial charge in [-0.3, -0.25) is 4.79 Å². The highest BCUT2D eigenvalue weighted by Crippen LogP contribution is 2.32. The van der Waals surface area contributed by atoms with E-state index in [4.69, 9.17) is 15.2 Å². The number of esters is 1. The summed E-state index contributed by atoms with van der Waals surface area (Å²) in [6, 6.07) is 9.42. The molecule has 18 heavy (non-hydrogen) atoms. The number of hydrogen-bond acceptors (Lipinski definition) is 4. The van der Waals surface area contributed by atoms with Crippen LogP contribution in [0, 0.1) is 5.92 Å². The van der Waals surface area contributed by atoms with Crippen LogP contribution in [0.15, 0.2) is 30.3 Å². The van der Waals surface area contributed by atoms with E-state index in [1.54, 1.807) is 0 Å². The minimum atomic E-state index is -0.230. The van der Waals surface area contributed by atoms with Crippen LogP contribution in [-0.4, -0.2) is 25.2 Å². The van der Waals surface area contributed by atoms with Gasteiger partial charge in [0.05, 0.1) is 6.42 Å². The molecule has 0 heterocycles. The maximum atomic E-state index is 11.4. The Bertz CT molecular complexity index is 376. The molecule has 4 nitrogen and oxygen atoms in total. The van der Waals surface area contributed by atoms with Crippen molar-refractivity contribution >= 4 is 5.97 Å². The molecule has 1 unspecified atom stereocenters. The van der Waals surface area contributed by atoms with E-state index in [1.807, 2.05) is 30.3 Å². The average Bonchev–Trinajstić information content (AvgIpc) is 3.20. The van der Waals surface area contributed by atoms with Crippen molar-refractivity contribution in [3.05, 3.63) is 30.3 Å². The molecule has 98 valence electrons. The van der Waals surface area contributed by atoms with Crippen molar-refractivity contribution in [1.29, 1.82) is 0 Å². The normalized spacial score (nSPS) is 16.1. The number of benzene rings is 1. The number of nitrogens with two attached hydrogens (primary N) is 1. The van der Waals surface area contributed by atoms with Gasteiger partial charge < -0.3 is 15.2 Å². The number of ether oxygens (including phenoxy) is 2. The first kappa shape index (κ1) is 12.9. The van der Waals surface area contributed by atoms with E-state index in [2.05, 4.69) is 0 Å². The molecule has 0 aliphatic heterocycles. The fraction of sp³-hybridized carbons (Fsp3) is 0.500. The second-order valence-electron chi connectivity index (χ2n) is 4.59. The van der Waals surface area contributed by atoms with E-state index in [-0.39, 0.29) is 18.6 Å². The van der Waals surface area contributed by atoms with Gasteiger partial charge >= 0.3 is 5.97 Å². The van der Waals surface area contributed by atoms with Crippen molar-refractivity contribution in [2.45, 2.75) is 25.3 Å². The third-order valence-electron chi connectivity index (χ3n) is 2.99. The van der Waals surface area contributed by atoms with Gasteiger partial charge in [0.25, 0.3) is 0 Å². The first-order valence-electron chi connectivity index (χ1n) is 6.35. The van der Waals surface area contributed by atoms with Crippen molar-refractivity contribution in [2.24, 2.45) is 11.7 Å². The minimum Gasteiger partial charge on any atom is -0.490 e. The van der Waals surface area contributed by atoms with Crippen LogP contribution in [0.25, 0.3) is 0 Å². The molecule has 1 aliphatic rings. The highest BCUT2D eigenvalue weighted by atomic mass is 16.6. The maximum absolute atomic E-state index is 11.4. The molecule has 1 aromatic carbocycles. The lowest BCUT2D eigenvalue weighted by Crippen LogP contribution is -2.27. The lowest BCUT2D eigenvalue weighted by molar-refractivity contribution is -0.144. The Morgan fingerprint density at radius 2 is 2.00 bits per heavy atom. The zero-order valence-electron chi connectivity index (χ0n) is 10.4. The molecule has 1 aromatic rings. The molecule has 2 N–H and O–H groups in total. The Hall–Kier alpha value is -1.55. The van der Waals surface area contributed by atoms with Crippen molar-refractivity contribution in [3.63, 3.8) is 0 Å². The SMILES string of the molecule is NC(CC(=O)OCCOc1ccccc1)C1CC1. The van der Waals surface area contributed by atoms with Gasteiger partial charge in [-0.05, 0) is 30.9 Å². The quantitative estimate of drug-likeness (QED) is 0.590. The van der Waals surface area contributed by atoms with Gasteiger partial charge in [-0.15, -0.1) is 0 Å². The van der Waals surface area contributed by atoms with Crippen LogP contribution in [-0.2, 0) is 9.53 Å². The summed E-state index contributed by atoms with van der Waals surface area (Å²) in [6.45, 7) is 0.638. The minimum absolute atomic E-state index is 0.0347. The Balaban J connectivity index is 1.56. The molecule has 0 amide bonds. The van der Waals surface area contributed by atoms with Crippen LogP contribution >= 0.6 is 0 Å². The van der Waals surface area contributed by atoms with Crippen LogP contribution in [0.4, 0.5) is 0 Å². The van der Waals surface area contributed by atoms with Gasteiger partial charge in [-0.2, -0.15) is 0 Å². The molecule has 4 heteroatoms. The zero-order valence-corrected chi connectivity index (χ0v) is 10.4. The molecule has 1 aliphatic carbocycles. The number of carbonyl (C=O) groups excluding carboxylic acids is 1. The van der Waals surface area contributed by atoms with E-state index in [0.29, 0.717) is 18.9 Å². The monoisotopic (exact) mass is 249 g/mol. The molecule has 0 spiro atoms. The van der Waals surface area contributed by atoms with Gasteiger partial charge in [0, 0.05) is 6.04 Å². The molecule has 1 saturated carbocycles. The van der Waals surface area contributed by atoms with E-state index >= 15 is 0 Å². The van der Waals surface area contributed by atoms with Gasteiger partial charge in [0.2, 0.25) is 0 Å². The van der Waals surface area contributed by atoms with Crippen LogP contribution in [0.3, 0.4) is 0 Å². The first-order chi connectivity index (χ1) is 8.75. The fourth-order valence-electron chi connectivity index (χ4n) is 1.77. The number of rotatable bonds is 7. The fourth-order valence-corrected chi connectivity index (χ4v) is 1.77. The summed E-state index contributed by atoms with van der Waals surface area (Å²) >= 11 is 0. The summed E-state index contributed by atoms with van der Waals surface area (Å²) < 4.78 is 10.5. The molecule has 0 radical (unpaired) electrons. The van der Waals surface area contributed by atoms with Gasteiger partial charge in [-0.1, -0.05) is 18.2 Å². The van der Waals surface area contributed by atoms with Crippen LogP contribution in [0.1, 0.15) is 19.3 Å². The maximum Gasteiger partial charge on any atom is 0.307 e. The molecular weight excluding hydrogens is 230 g/mol. The van der Waals surface area contributed by atoms with Crippen LogP contribution < -0.4 is 10.5 Å². The summed E-state index contributed by atoms with van der Waals surface area (Å²) in [4.78, 5) is 11.4. The first-order valence-corrected chi connectivity index (χ1v) is 6.35. The van der Waals surface area contributed by atoms with Crippen LogP contribution in [0.2, 0.25) is 0 Å². The van der Waals surface area contributed by atoms with Crippen molar-refractivity contribution in [2.75, 3.05) is 13.2 Å². The van der Waals surface area contributed by atoms with Crippen molar-refractivity contribution < 1.29 is 14.3 Å². The standard InChI is InChI=1S/C14H19NO3/c15-13(11-6-7-11)10-14(16)18-9-8-17-12-4-2-1-3-5-12/h1-5,11,13H,6-10,15H2. The second-order valence-corrected chi connectivity index (χ2v) is 4.59. The smallest absolute Gasteiger partial charge is 0.307 e. The lowest BCUT2D eigenvalue weighted by Gasteiger charge is -2.10. The van der Waals surface area contributed by atoms with Gasteiger partial charge in [0.1, 0.15) is 19.0 Å². The zero-order chi connectivity index (χ0) is 12.8. The van der Waals surface area contributed by atoms with Gasteiger partial charge in [0.15, 0.2) is 0 Å². The summed E-state index contributed by atoms with van der Waals surface area (Å²) in [5.41, 5.74) is 5.84. The number of carbonyl (C=O) groups is 1. The Labute approximate surface area is 107 Å². The number of hydrogen-bond donors (Lipinski definition) is 1. The second kappa shape index (κ2) is 6.40. The predicted octanol–water partition coefficient (Wildman–Crippen LogP) is 1.74. The summed E-state index contributed by atoms with van der Waals surface area (Å²) in [5, 5.41) is 0. The molecular formula is C14H19NO3. The lowest BCUT2D eigenvalue weighted by atomic mass is 10.1. The van der Waals surface area contributed by atoms with Crippen molar-refractivity contribution in [1.82, 2.24) is 0 Å². The van der Waals surface area contributed by atoms with E-state index in [9.17, 15) is 4.79 Å². The Kier molecular flexibility index (Phi) is 4.59. The molecule has 2 rings (SSSR count). The predicted molar refractivity (Wildman–Crippen MR) is 68.2 cm³/mol.